The molecule has 2 nitrogen and oxygen atoms in total. The van der Waals surface area contributed by atoms with Crippen molar-refractivity contribution in [1.82, 2.24) is 10.2 Å². The average molecular weight is 278 g/mol. The molecule has 1 aliphatic heterocycles. The summed E-state index contributed by atoms with van der Waals surface area (Å²) in [6.45, 7) is 10.1. The lowest BCUT2D eigenvalue weighted by Gasteiger charge is -2.33. The van der Waals surface area contributed by atoms with Gasteiger partial charge in [-0.25, -0.2) is 4.39 Å². The molecule has 0 radical (unpaired) electrons. The predicted octanol–water partition coefficient (Wildman–Crippen LogP) is 3.25. The molecule has 1 N–H and O–H groups in total. The minimum absolute atomic E-state index is 0.148. The van der Waals surface area contributed by atoms with Crippen molar-refractivity contribution in [1.29, 1.82) is 0 Å². The maximum atomic E-state index is 12.9. The summed E-state index contributed by atoms with van der Waals surface area (Å²) in [5.41, 5.74) is 1.24. The number of hydrogen-bond donors (Lipinski definition) is 1. The van der Waals surface area contributed by atoms with E-state index in [0.717, 1.165) is 25.6 Å². The van der Waals surface area contributed by atoms with Crippen molar-refractivity contribution in [2.45, 2.75) is 32.6 Å². The van der Waals surface area contributed by atoms with Gasteiger partial charge >= 0.3 is 0 Å². The zero-order chi connectivity index (χ0) is 14.4. The lowest BCUT2D eigenvalue weighted by atomic mass is 9.94. The highest BCUT2D eigenvalue weighted by molar-refractivity contribution is 5.20. The first-order valence-corrected chi connectivity index (χ1v) is 7.87. The summed E-state index contributed by atoms with van der Waals surface area (Å²) < 4.78 is 12.9. The van der Waals surface area contributed by atoms with E-state index >= 15 is 0 Å². The van der Waals surface area contributed by atoms with Gasteiger partial charge in [0.15, 0.2) is 0 Å². The molecule has 0 spiro atoms. The Labute approximate surface area is 122 Å². The molecule has 1 atom stereocenters. The monoisotopic (exact) mass is 278 g/mol. The minimum atomic E-state index is -0.148. The molecule has 1 aliphatic rings. The van der Waals surface area contributed by atoms with E-state index in [2.05, 4.69) is 24.1 Å². The molecule has 1 unspecified atom stereocenters. The van der Waals surface area contributed by atoms with Crippen molar-refractivity contribution in [3.63, 3.8) is 0 Å². The van der Waals surface area contributed by atoms with Gasteiger partial charge in [0.1, 0.15) is 5.82 Å². The molecule has 1 aromatic rings. The predicted molar refractivity (Wildman–Crippen MR) is 82.5 cm³/mol. The van der Waals surface area contributed by atoms with Crippen molar-refractivity contribution in [3.05, 3.63) is 35.6 Å². The summed E-state index contributed by atoms with van der Waals surface area (Å²) in [5, 5.41) is 3.45. The van der Waals surface area contributed by atoms with Crippen molar-refractivity contribution in [3.8, 4) is 0 Å². The van der Waals surface area contributed by atoms with Crippen LogP contribution in [0.5, 0.6) is 0 Å². The van der Waals surface area contributed by atoms with E-state index < -0.39 is 0 Å². The number of nitrogens with zero attached hydrogens (tertiary/aromatic N) is 1. The highest BCUT2D eigenvalue weighted by atomic mass is 19.1. The first-order valence-electron chi connectivity index (χ1n) is 7.87. The van der Waals surface area contributed by atoms with Gasteiger partial charge in [0, 0.05) is 6.54 Å². The summed E-state index contributed by atoms with van der Waals surface area (Å²) in [7, 11) is 0. The largest absolute Gasteiger partial charge is 0.317 e. The average Bonchev–Trinajstić information content (AvgIpc) is 2.47. The fourth-order valence-electron chi connectivity index (χ4n) is 3.01. The molecule has 1 aromatic carbocycles. The van der Waals surface area contributed by atoms with Crippen LogP contribution in [0.25, 0.3) is 0 Å². The van der Waals surface area contributed by atoms with E-state index in [0.29, 0.717) is 5.92 Å². The maximum absolute atomic E-state index is 12.9. The normalized spacial score (nSPS) is 19.1. The second kappa shape index (κ2) is 7.75. The van der Waals surface area contributed by atoms with E-state index in [1.165, 1.54) is 31.5 Å². The molecule has 3 heteroatoms. The van der Waals surface area contributed by atoms with Gasteiger partial charge in [0.2, 0.25) is 0 Å². The SMILES string of the molecule is CCNCC1CCN(CC(C)c2ccc(F)cc2)CC1. The van der Waals surface area contributed by atoms with Gasteiger partial charge in [-0.3, -0.25) is 0 Å². The van der Waals surface area contributed by atoms with Crippen LogP contribution < -0.4 is 5.32 Å². The lowest BCUT2D eigenvalue weighted by molar-refractivity contribution is 0.176. The Bertz CT molecular complexity index is 382. The molecule has 1 fully saturated rings. The number of rotatable bonds is 6. The zero-order valence-corrected chi connectivity index (χ0v) is 12.7. The number of piperidine rings is 1. The van der Waals surface area contributed by atoms with E-state index in [1.54, 1.807) is 12.1 Å². The summed E-state index contributed by atoms with van der Waals surface area (Å²) in [6.07, 6.45) is 2.59. The highest BCUT2D eigenvalue weighted by Gasteiger charge is 2.20. The smallest absolute Gasteiger partial charge is 0.123 e. The molecular weight excluding hydrogens is 251 g/mol. The number of hydrogen-bond acceptors (Lipinski definition) is 2. The first kappa shape index (κ1) is 15.5. The Morgan fingerprint density at radius 2 is 1.90 bits per heavy atom. The van der Waals surface area contributed by atoms with Gasteiger partial charge < -0.3 is 10.2 Å². The molecule has 0 aliphatic carbocycles. The minimum Gasteiger partial charge on any atom is -0.317 e. The third-order valence-corrected chi connectivity index (χ3v) is 4.36. The Hall–Kier alpha value is -0.930. The molecule has 0 amide bonds. The van der Waals surface area contributed by atoms with Crippen LogP contribution in [0.3, 0.4) is 0 Å². The van der Waals surface area contributed by atoms with Crippen LogP contribution in [0.1, 0.15) is 38.2 Å². The lowest BCUT2D eigenvalue weighted by Crippen LogP contribution is -2.38. The van der Waals surface area contributed by atoms with Crippen LogP contribution >= 0.6 is 0 Å². The quantitative estimate of drug-likeness (QED) is 0.859. The van der Waals surface area contributed by atoms with Gasteiger partial charge in [0.05, 0.1) is 0 Å². The highest BCUT2D eigenvalue weighted by Crippen LogP contribution is 2.21. The zero-order valence-electron chi connectivity index (χ0n) is 12.7. The molecule has 112 valence electrons. The van der Waals surface area contributed by atoms with E-state index in [1.807, 2.05) is 12.1 Å². The molecule has 2 rings (SSSR count). The van der Waals surface area contributed by atoms with Gasteiger partial charge in [-0.2, -0.15) is 0 Å². The van der Waals surface area contributed by atoms with Crippen molar-refractivity contribution >= 4 is 0 Å². The first-order chi connectivity index (χ1) is 9.69. The fraction of sp³-hybridized carbons (Fsp3) is 0.647. The number of benzene rings is 1. The Balaban J connectivity index is 1.76. The van der Waals surface area contributed by atoms with E-state index in [9.17, 15) is 4.39 Å². The molecular formula is C17H27FN2. The molecule has 1 heterocycles. The van der Waals surface area contributed by atoms with Crippen LogP contribution in [-0.2, 0) is 0 Å². The van der Waals surface area contributed by atoms with Gasteiger partial charge in [-0.05, 0) is 68.6 Å². The summed E-state index contributed by atoms with van der Waals surface area (Å²) in [6, 6.07) is 6.96. The molecule has 1 saturated heterocycles. The topological polar surface area (TPSA) is 15.3 Å². The van der Waals surface area contributed by atoms with E-state index in [-0.39, 0.29) is 5.82 Å². The summed E-state index contributed by atoms with van der Waals surface area (Å²) in [4.78, 5) is 2.55. The van der Waals surface area contributed by atoms with Gasteiger partial charge in [-0.1, -0.05) is 26.0 Å². The summed E-state index contributed by atoms with van der Waals surface area (Å²) in [5.74, 6) is 1.17. The van der Waals surface area contributed by atoms with Gasteiger partial charge in [0.25, 0.3) is 0 Å². The molecule has 20 heavy (non-hydrogen) atoms. The molecule has 0 saturated carbocycles. The summed E-state index contributed by atoms with van der Waals surface area (Å²) >= 11 is 0. The standard InChI is InChI=1S/C17H27FN2/c1-3-19-12-15-8-10-20(11-9-15)13-14(2)16-4-6-17(18)7-5-16/h4-7,14-15,19H,3,8-13H2,1-2H3. The third kappa shape index (κ3) is 4.57. The van der Waals surface area contributed by atoms with Crippen molar-refractivity contribution < 1.29 is 4.39 Å². The second-order valence-electron chi connectivity index (χ2n) is 6.00. The van der Waals surface area contributed by atoms with Crippen molar-refractivity contribution in [2.75, 3.05) is 32.7 Å². The number of halogens is 1. The van der Waals surface area contributed by atoms with Crippen LogP contribution in [0.2, 0.25) is 0 Å². The number of nitrogens with one attached hydrogen (secondary N) is 1. The van der Waals surface area contributed by atoms with E-state index in [4.69, 9.17) is 0 Å². The van der Waals surface area contributed by atoms with Crippen LogP contribution in [0, 0.1) is 11.7 Å². The Morgan fingerprint density at radius 3 is 2.50 bits per heavy atom. The van der Waals surface area contributed by atoms with Gasteiger partial charge in [-0.15, -0.1) is 0 Å². The second-order valence-corrected chi connectivity index (χ2v) is 6.00. The van der Waals surface area contributed by atoms with Crippen LogP contribution in [0.15, 0.2) is 24.3 Å². The Kier molecular flexibility index (Phi) is 5.99. The van der Waals surface area contributed by atoms with Crippen molar-refractivity contribution in [2.24, 2.45) is 5.92 Å². The molecule has 0 bridgehead atoms. The van der Waals surface area contributed by atoms with Crippen LogP contribution in [0.4, 0.5) is 4.39 Å². The fourth-order valence-corrected chi connectivity index (χ4v) is 3.01. The van der Waals surface area contributed by atoms with Crippen LogP contribution in [-0.4, -0.2) is 37.6 Å². The third-order valence-electron chi connectivity index (χ3n) is 4.36. The molecule has 0 aromatic heterocycles. The maximum Gasteiger partial charge on any atom is 0.123 e. The Morgan fingerprint density at radius 1 is 1.25 bits per heavy atom. The number of likely N-dealkylation sites (tertiary alicyclic amines) is 1.